The topological polar surface area (TPSA) is 74.2 Å². The molecule has 2 N–H and O–H groups in total. The number of rotatable bonds is 6. The fourth-order valence-electron chi connectivity index (χ4n) is 2.44. The van der Waals surface area contributed by atoms with Gasteiger partial charge in [0.1, 0.15) is 13.2 Å². The van der Waals surface area contributed by atoms with E-state index < -0.39 is 12.8 Å². The molecule has 1 fully saturated rings. The fourth-order valence-corrected chi connectivity index (χ4v) is 2.44. The summed E-state index contributed by atoms with van der Waals surface area (Å²) in [4.78, 5) is 3.99. The number of ether oxygens (including phenoxy) is 1. The first kappa shape index (κ1) is 15.2. The van der Waals surface area contributed by atoms with Crippen molar-refractivity contribution in [1.29, 1.82) is 0 Å². The highest BCUT2D eigenvalue weighted by atomic mass is 19.4. The predicted octanol–water partition coefficient (Wildman–Crippen LogP) is 2.21. The molecule has 0 spiro atoms. The van der Waals surface area contributed by atoms with E-state index in [2.05, 4.69) is 14.9 Å². The molecule has 8 heteroatoms. The highest BCUT2D eigenvalue weighted by molar-refractivity contribution is 4.90. The monoisotopic (exact) mass is 293 g/mol. The van der Waals surface area contributed by atoms with Crippen LogP contribution in [0.25, 0.3) is 0 Å². The second-order valence-electron chi connectivity index (χ2n) is 5.12. The van der Waals surface area contributed by atoms with Gasteiger partial charge in [0, 0.05) is 12.5 Å². The lowest BCUT2D eigenvalue weighted by atomic mass is 9.96. The molecule has 114 valence electrons. The van der Waals surface area contributed by atoms with Crippen LogP contribution in [-0.2, 0) is 17.8 Å². The average Bonchev–Trinajstić information content (AvgIpc) is 2.98. The van der Waals surface area contributed by atoms with Gasteiger partial charge in [0.25, 0.3) is 0 Å². The van der Waals surface area contributed by atoms with E-state index in [1.54, 1.807) is 0 Å². The summed E-state index contributed by atoms with van der Waals surface area (Å²) in [5, 5.41) is 3.58. The lowest BCUT2D eigenvalue weighted by Crippen LogP contribution is -2.30. The van der Waals surface area contributed by atoms with Crippen LogP contribution in [0.3, 0.4) is 0 Å². The molecule has 5 nitrogen and oxygen atoms in total. The molecule has 0 aliphatic heterocycles. The zero-order chi connectivity index (χ0) is 14.6. The Hall–Kier alpha value is -1.15. The minimum atomic E-state index is -4.35. The normalized spacial score (nSPS) is 18.6. The Morgan fingerprint density at radius 3 is 2.70 bits per heavy atom. The van der Waals surface area contributed by atoms with Gasteiger partial charge < -0.3 is 15.0 Å². The van der Waals surface area contributed by atoms with E-state index in [9.17, 15) is 13.2 Å². The summed E-state index contributed by atoms with van der Waals surface area (Å²) in [6.07, 6.45) is 0.708. The fraction of sp³-hybridized carbons (Fsp3) is 0.833. The van der Waals surface area contributed by atoms with Crippen LogP contribution in [0.15, 0.2) is 4.52 Å². The van der Waals surface area contributed by atoms with Crippen LogP contribution in [0.5, 0.6) is 0 Å². The molecule has 1 aromatic heterocycles. The Balaban J connectivity index is 1.76. The summed E-state index contributed by atoms with van der Waals surface area (Å²) < 4.78 is 45.1. The van der Waals surface area contributed by atoms with Crippen molar-refractivity contribution in [2.24, 2.45) is 11.7 Å². The van der Waals surface area contributed by atoms with Gasteiger partial charge in [0.15, 0.2) is 5.82 Å². The molecule has 0 bridgehead atoms. The largest absolute Gasteiger partial charge is 0.411 e. The van der Waals surface area contributed by atoms with Crippen molar-refractivity contribution in [3.63, 3.8) is 0 Å². The van der Waals surface area contributed by atoms with Crippen LogP contribution in [0.2, 0.25) is 0 Å². The summed E-state index contributed by atoms with van der Waals surface area (Å²) in [6, 6.07) is -0.0399. The van der Waals surface area contributed by atoms with E-state index in [1.807, 2.05) is 0 Å². The third-order valence-corrected chi connectivity index (χ3v) is 3.42. The molecule has 2 rings (SSSR count). The van der Waals surface area contributed by atoms with Gasteiger partial charge in [-0.2, -0.15) is 18.2 Å². The summed E-state index contributed by atoms with van der Waals surface area (Å²) in [5.74, 6) is 0.935. The van der Waals surface area contributed by atoms with Gasteiger partial charge in [0.2, 0.25) is 5.89 Å². The molecule has 1 heterocycles. The van der Waals surface area contributed by atoms with Crippen molar-refractivity contribution in [1.82, 2.24) is 10.1 Å². The summed E-state index contributed by atoms with van der Waals surface area (Å²) >= 11 is 0. The molecular weight excluding hydrogens is 275 g/mol. The average molecular weight is 293 g/mol. The van der Waals surface area contributed by atoms with Crippen molar-refractivity contribution < 1.29 is 22.4 Å². The van der Waals surface area contributed by atoms with Crippen molar-refractivity contribution >= 4 is 0 Å². The van der Waals surface area contributed by atoms with Gasteiger partial charge in [-0.3, -0.25) is 0 Å². The summed E-state index contributed by atoms with van der Waals surface area (Å²) in [5.41, 5.74) is 6.07. The quantitative estimate of drug-likeness (QED) is 0.870. The van der Waals surface area contributed by atoms with E-state index in [-0.39, 0.29) is 18.5 Å². The van der Waals surface area contributed by atoms with Crippen molar-refractivity contribution in [3.8, 4) is 0 Å². The zero-order valence-corrected chi connectivity index (χ0v) is 11.0. The number of aromatic nitrogens is 2. The Kier molecular flexibility index (Phi) is 4.98. The first-order valence-corrected chi connectivity index (χ1v) is 6.65. The van der Waals surface area contributed by atoms with Crippen LogP contribution in [-0.4, -0.2) is 29.0 Å². The standard InChI is InChI=1S/C12H18F3N3O2/c13-12(14,15)7-19-6-10-17-11(20-18-10)5-9(16)8-3-1-2-4-8/h8-9H,1-7,16H2. The highest BCUT2D eigenvalue weighted by Crippen LogP contribution is 2.28. The number of halogens is 3. The van der Waals surface area contributed by atoms with Crippen LogP contribution in [0.4, 0.5) is 13.2 Å². The molecule has 0 aromatic carbocycles. The predicted molar refractivity (Wildman–Crippen MR) is 63.6 cm³/mol. The number of alkyl halides is 3. The molecular formula is C12H18F3N3O2. The van der Waals surface area contributed by atoms with Crippen LogP contribution in [0.1, 0.15) is 37.4 Å². The molecule has 0 amide bonds. The lowest BCUT2D eigenvalue weighted by molar-refractivity contribution is -0.177. The molecule has 0 saturated heterocycles. The van der Waals surface area contributed by atoms with Crippen LogP contribution < -0.4 is 5.73 Å². The Morgan fingerprint density at radius 1 is 1.35 bits per heavy atom. The number of nitrogens with zero attached hydrogens (tertiary/aromatic N) is 2. The minimum Gasteiger partial charge on any atom is -0.364 e. The Labute approximate surface area is 114 Å². The second-order valence-corrected chi connectivity index (χ2v) is 5.12. The van der Waals surface area contributed by atoms with Gasteiger partial charge in [-0.1, -0.05) is 18.0 Å². The Bertz CT molecular complexity index is 416. The maximum Gasteiger partial charge on any atom is 0.411 e. The van der Waals surface area contributed by atoms with Crippen LogP contribution >= 0.6 is 0 Å². The molecule has 1 aliphatic rings. The van der Waals surface area contributed by atoms with Gasteiger partial charge in [-0.25, -0.2) is 0 Å². The second kappa shape index (κ2) is 6.53. The van der Waals surface area contributed by atoms with E-state index in [0.29, 0.717) is 18.2 Å². The lowest BCUT2D eigenvalue weighted by Gasteiger charge is -2.16. The molecule has 0 radical (unpaired) electrons. The Morgan fingerprint density at radius 2 is 2.05 bits per heavy atom. The number of hydrogen-bond donors (Lipinski definition) is 1. The van der Waals surface area contributed by atoms with E-state index in [1.165, 1.54) is 12.8 Å². The molecule has 20 heavy (non-hydrogen) atoms. The van der Waals surface area contributed by atoms with E-state index in [4.69, 9.17) is 10.3 Å². The van der Waals surface area contributed by atoms with Gasteiger partial charge in [-0.05, 0) is 18.8 Å². The van der Waals surface area contributed by atoms with E-state index in [0.717, 1.165) is 12.8 Å². The first-order valence-electron chi connectivity index (χ1n) is 6.65. The summed E-state index contributed by atoms with van der Waals surface area (Å²) in [6.45, 7) is -1.64. The van der Waals surface area contributed by atoms with Gasteiger partial charge in [0.05, 0.1) is 0 Å². The van der Waals surface area contributed by atoms with Crippen molar-refractivity contribution in [2.45, 2.75) is 50.9 Å². The number of hydrogen-bond acceptors (Lipinski definition) is 5. The zero-order valence-electron chi connectivity index (χ0n) is 11.0. The minimum absolute atomic E-state index is 0.0399. The van der Waals surface area contributed by atoms with Crippen molar-refractivity contribution in [2.75, 3.05) is 6.61 Å². The molecule has 1 aromatic rings. The first-order chi connectivity index (χ1) is 9.44. The number of nitrogens with two attached hydrogens (primary N) is 1. The van der Waals surface area contributed by atoms with Gasteiger partial charge in [-0.15, -0.1) is 0 Å². The molecule has 1 aliphatic carbocycles. The molecule has 1 atom stereocenters. The summed E-state index contributed by atoms with van der Waals surface area (Å²) in [7, 11) is 0. The maximum absolute atomic E-state index is 11.9. The van der Waals surface area contributed by atoms with Crippen LogP contribution in [0, 0.1) is 5.92 Å². The third kappa shape index (κ3) is 4.75. The van der Waals surface area contributed by atoms with Crippen molar-refractivity contribution in [3.05, 3.63) is 11.7 Å². The smallest absolute Gasteiger partial charge is 0.364 e. The molecule has 1 saturated carbocycles. The third-order valence-electron chi connectivity index (χ3n) is 3.42. The highest BCUT2D eigenvalue weighted by Gasteiger charge is 2.28. The molecule has 1 unspecified atom stereocenters. The van der Waals surface area contributed by atoms with Gasteiger partial charge >= 0.3 is 6.18 Å². The van der Waals surface area contributed by atoms with E-state index >= 15 is 0 Å². The maximum atomic E-state index is 11.9. The SMILES string of the molecule is NC(Cc1nc(COCC(F)(F)F)no1)C1CCCC1.